The second-order valence-electron chi connectivity index (χ2n) is 14.4. The summed E-state index contributed by atoms with van der Waals surface area (Å²) in [5.74, 6) is 2.78. The molecule has 2 aromatic carbocycles. The lowest BCUT2D eigenvalue weighted by molar-refractivity contribution is -0.143. The van der Waals surface area contributed by atoms with Gasteiger partial charge in [-0.3, -0.25) is 4.79 Å². The smallest absolute Gasteiger partial charge is 0.360 e. The average molecular weight is 743 g/mol. The fourth-order valence-corrected chi connectivity index (χ4v) is 9.13. The molecule has 2 rings (SSSR count). The monoisotopic (exact) mass is 743 g/mol. The summed E-state index contributed by atoms with van der Waals surface area (Å²) in [6, 6.07) is 17.4. The van der Waals surface area contributed by atoms with Crippen LogP contribution in [0.3, 0.4) is 0 Å². The highest BCUT2D eigenvalue weighted by Crippen LogP contribution is 2.52. The van der Waals surface area contributed by atoms with Crippen molar-refractivity contribution in [3.05, 3.63) is 59.7 Å². The SMILES string of the molecule is CCCCCCCCOC(=O)CCCCCCCCSP(Oc1ccc(CCCCCCCC)cc1)Oc1ccc(CCCCCCCC)cc1. The van der Waals surface area contributed by atoms with Crippen molar-refractivity contribution < 1.29 is 18.6 Å². The van der Waals surface area contributed by atoms with Crippen LogP contribution in [0.4, 0.5) is 0 Å². The molecule has 0 aliphatic rings. The molecule has 0 heterocycles. The van der Waals surface area contributed by atoms with E-state index in [1.165, 1.54) is 140 Å². The second kappa shape index (κ2) is 32.9. The molecule has 0 unspecified atom stereocenters. The van der Waals surface area contributed by atoms with Gasteiger partial charge in [-0.1, -0.05) is 167 Å². The molecule has 0 spiro atoms. The molecule has 0 aliphatic heterocycles. The first-order valence-corrected chi connectivity index (χ1v) is 24.0. The van der Waals surface area contributed by atoms with Crippen molar-refractivity contribution in [1.82, 2.24) is 0 Å². The molecule has 51 heavy (non-hydrogen) atoms. The molecule has 0 bridgehead atoms. The fraction of sp³-hybridized carbons (Fsp3) is 0.711. The summed E-state index contributed by atoms with van der Waals surface area (Å²) >= 11 is 1.81. The Morgan fingerprint density at radius 2 is 0.882 bits per heavy atom. The highest BCUT2D eigenvalue weighted by Gasteiger charge is 2.16. The summed E-state index contributed by atoms with van der Waals surface area (Å²) in [5.41, 5.74) is 2.78. The maximum absolute atomic E-state index is 12.0. The zero-order valence-electron chi connectivity index (χ0n) is 33.1. The lowest BCUT2D eigenvalue weighted by atomic mass is 10.1. The van der Waals surface area contributed by atoms with E-state index in [1.54, 1.807) is 0 Å². The van der Waals surface area contributed by atoms with Gasteiger partial charge in [0.25, 0.3) is 0 Å². The molecule has 0 saturated heterocycles. The van der Waals surface area contributed by atoms with Crippen LogP contribution in [0.25, 0.3) is 0 Å². The molecule has 0 aromatic heterocycles. The number of hydrogen-bond acceptors (Lipinski definition) is 5. The van der Waals surface area contributed by atoms with Crippen LogP contribution < -0.4 is 9.05 Å². The Hall–Kier alpha value is -1.71. The van der Waals surface area contributed by atoms with Gasteiger partial charge in [-0.05, 0) is 91.7 Å². The van der Waals surface area contributed by atoms with Crippen molar-refractivity contribution in [2.75, 3.05) is 12.4 Å². The minimum Gasteiger partial charge on any atom is -0.466 e. The number of aryl methyl sites for hydroxylation is 2. The third kappa shape index (κ3) is 25.8. The van der Waals surface area contributed by atoms with E-state index in [2.05, 4.69) is 69.3 Å². The maximum Gasteiger partial charge on any atom is 0.360 e. The molecular formula is C45H75O4PS. The molecule has 0 atom stereocenters. The van der Waals surface area contributed by atoms with Crippen LogP contribution >= 0.6 is 19.0 Å². The molecule has 0 saturated carbocycles. The van der Waals surface area contributed by atoms with Gasteiger partial charge >= 0.3 is 13.5 Å². The molecule has 0 fully saturated rings. The number of benzene rings is 2. The van der Waals surface area contributed by atoms with Crippen LogP contribution in [0.5, 0.6) is 11.5 Å². The van der Waals surface area contributed by atoms with E-state index in [0.717, 1.165) is 55.8 Å². The summed E-state index contributed by atoms with van der Waals surface area (Å²) < 4.78 is 18.4. The summed E-state index contributed by atoms with van der Waals surface area (Å²) in [4.78, 5) is 12.0. The van der Waals surface area contributed by atoms with Crippen LogP contribution in [0, 0.1) is 0 Å². The van der Waals surface area contributed by atoms with Gasteiger partial charge < -0.3 is 13.8 Å². The number of carbonyl (C=O) groups excluding carboxylic acids is 1. The molecule has 0 aliphatic carbocycles. The maximum atomic E-state index is 12.0. The third-order valence-electron chi connectivity index (χ3n) is 9.58. The van der Waals surface area contributed by atoms with Gasteiger partial charge in [-0.25, -0.2) is 0 Å². The predicted octanol–water partition coefficient (Wildman–Crippen LogP) is 15.5. The number of unbranched alkanes of at least 4 members (excludes halogenated alkanes) is 20. The van der Waals surface area contributed by atoms with Crippen molar-refractivity contribution in [3.8, 4) is 11.5 Å². The van der Waals surface area contributed by atoms with Gasteiger partial charge in [0.15, 0.2) is 0 Å². The van der Waals surface area contributed by atoms with Crippen molar-refractivity contribution in [2.24, 2.45) is 0 Å². The van der Waals surface area contributed by atoms with Gasteiger partial charge in [-0.2, -0.15) is 0 Å². The van der Waals surface area contributed by atoms with E-state index in [-0.39, 0.29) is 5.97 Å². The normalized spacial score (nSPS) is 11.3. The van der Waals surface area contributed by atoms with Crippen LogP contribution in [-0.2, 0) is 22.4 Å². The van der Waals surface area contributed by atoms with E-state index < -0.39 is 7.58 Å². The van der Waals surface area contributed by atoms with E-state index in [1.807, 2.05) is 11.4 Å². The zero-order chi connectivity index (χ0) is 36.5. The van der Waals surface area contributed by atoms with Gasteiger partial charge in [-0.15, -0.1) is 0 Å². The Morgan fingerprint density at radius 1 is 0.490 bits per heavy atom. The summed E-state index contributed by atoms with van der Waals surface area (Å²) in [7, 11) is -1.16. The number of rotatable bonds is 35. The van der Waals surface area contributed by atoms with Crippen molar-refractivity contribution >= 4 is 24.9 Å². The Kier molecular flexibility index (Phi) is 29.3. The van der Waals surface area contributed by atoms with Gasteiger partial charge in [0.05, 0.1) is 6.61 Å². The molecule has 4 nitrogen and oxygen atoms in total. The van der Waals surface area contributed by atoms with Crippen molar-refractivity contribution in [3.63, 3.8) is 0 Å². The summed E-state index contributed by atoms with van der Waals surface area (Å²) in [6.45, 7) is 7.37. The average Bonchev–Trinajstić information content (AvgIpc) is 3.14. The predicted molar refractivity (Wildman–Crippen MR) is 224 cm³/mol. The topological polar surface area (TPSA) is 44.8 Å². The molecule has 2 aromatic rings. The van der Waals surface area contributed by atoms with Crippen LogP contribution in [0.15, 0.2) is 48.5 Å². The molecule has 6 heteroatoms. The van der Waals surface area contributed by atoms with Crippen LogP contribution in [-0.4, -0.2) is 18.3 Å². The summed E-state index contributed by atoms with van der Waals surface area (Å²) in [5, 5.41) is 0. The lowest BCUT2D eigenvalue weighted by Crippen LogP contribution is -2.05. The zero-order valence-corrected chi connectivity index (χ0v) is 34.8. The number of ether oxygens (including phenoxy) is 1. The first kappa shape index (κ1) is 45.4. The third-order valence-corrected chi connectivity index (χ3v) is 12.6. The van der Waals surface area contributed by atoms with Crippen LogP contribution in [0.2, 0.25) is 0 Å². The minimum absolute atomic E-state index is 0.0202. The Bertz CT molecular complexity index is 999. The lowest BCUT2D eigenvalue weighted by Gasteiger charge is -2.18. The first-order valence-electron chi connectivity index (χ1n) is 21.3. The number of hydrogen-bond donors (Lipinski definition) is 0. The van der Waals surface area contributed by atoms with E-state index in [4.69, 9.17) is 13.8 Å². The number of esters is 1. The highest BCUT2D eigenvalue weighted by molar-refractivity contribution is 8.53. The van der Waals surface area contributed by atoms with Crippen LogP contribution in [0.1, 0.15) is 192 Å². The molecule has 290 valence electrons. The second-order valence-corrected chi connectivity index (χ2v) is 17.6. The van der Waals surface area contributed by atoms with E-state index >= 15 is 0 Å². The van der Waals surface area contributed by atoms with Gasteiger partial charge in [0.2, 0.25) is 0 Å². The molecule has 0 radical (unpaired) electrons. The standard InChI is InChI=1S/C45H75O4PS/c1-4-7-10-13-18-23-28-41-31-35-43(36-32-41)48-50(49-44-37-33-42(34-38-44)29-24-19-14-11-8-5-2)51-40-27-22-17-16-20-25-30-45(46)47-39-26-21-15-12-9-6-3/h31-38H,4-30,39-40H2,1-3H3. The Balaban J connectivity index is 1.72. The molecular weight excluding hydrogens is 668 g/mol. The van der Waals surface area contributed by atoms with E-state index in [9.17, 15) is 4.79 Å². The number of carbonyl (C=O) groups is 1. The minimum atomic E-state index is -1.16. The highest BCUT2D eigenvalue weighted by atomic mass is 32.7. The first-order chi connectivity index (χ1) is 25.1. The largest absolute Gasteiger partial charge is 0.466 e. The van der Waals surface area contributed by atoms with E-state index in [0.29, 0.717) is 13.0 Å². The molecule has 0 amide bonds. The van der Waals surface area contributed by atoms with Gasteiger partial charge in [0, 0.05) is 12.2 Å². The van der Waals surface area contributed by atoms with Crippen molar-refractivity contribution in [1.29, 1.82) is 0 Å². The fourth-order valence-electron chi connectivity index (χ4n) is 6.25. The van der Waals surface area contributed by atoms with Gasteiger partial charge in [0.1, 0.15) is 11.5 Å². The quantitative estimate of drug-likeness (QED) is 0.0400. The molecule has 0 N–H and O–H groups in total. The Morgan fingerprint density at radius 3 is 1.35 bits per heavy atom. The van der Waals surface area contributed by atoms with Crippen molar-refractivity contribution in [2.45, 2.75) is 194 Å². The summed E-state index contributed by atoms with van der Waals surface area (Å²) in [6.07, 6.45) is 32.8. The Labute approximate surface area is 320 Å².